The molecule has 2 heterocycles. The lowest BCUT2D eigenvalue weighted by molar-refractivity contribution is -0.0205. The Labute approximate surface area is 132 Å². The number of fused-ring (bicyclic) bond motifs is 3. The number of alkyl halides is 2. The van der Waals surface area contributed by atoms with E-state index >= 15 is 0 Å². The van der Waals surface area contributed by atoms with Gasteiger partial charge in [0.2, 0.25) is 0 Å². The number of aromatic nitrogens is 1. The smallest absolute Gasteiger partial charge is 0.356 e. The molecule has 2 atom stereocenters. The van der Waals surface area contributed by atoms with Crippen LogP contribution >= 0.6 is 0 Å². The normalized spacial score (nSPS) is 25.1. The molecule has 0 amide bonds. The molecule has 1 aliphatic carbocycles. The molecule has 2 aromatic rings. The number of pyridine rings is 1. The SMILES string of the molecule is COC(=O)c1cc2ccccc2c(N2CC3CC2C(F)(F)C3)n1. The molecule has 0 radical (unpaired) electrons. The first-order valence-corrected chi connectivity index (χ1v) is 7.62. The number of anilines is 1. The van der Waals surface area contributed by atoms with E-state index in [2.05, 4.69) is 4.98 Å². The monoisotopic (exact) mass is 318 g/mol. The fourth-order valence-electron chi connectivity index (χ4n) is 3.83. The van der Waals surface area contributed by atoms with E-state index in [1.165, 1.54) is 7.11 Å². The van der Waals surface area contributed by atoms with Crippen LogP contribution in [0.5, 0.6) is 0 Å². The maximum absolute atomic E-state index is 14.1. The number of esters is 1. The van der Waals surface area contributed by atoms with Crippen molar-refractivity contribution in [3.63, 3.8) is 0 Å². The molecule has 0 spiro atoms. The van der Waals surface area contributed by atoms with Crippen molar-refractivity contribution < 1.29 is 18.3 Å². The average Bonchev–Trinajstić information content (AvgIpc) is 3.09. The average molecular weight is 318 g/mol. The highest BCUT2D eigenvalue weighted by atomic mass is 19.3. The van der Waals surface area contributed by atoms with E-state index in [-0.39, 0.29) is 18.0 Å². The fourth-order valence-corrected chi connectivity index (χ4v) is 3.83. The molecule has 6 heteroatoms. The van der Waals surface area contributed by atoms with E-state index in [4.69, 9.17) is 4.74 Å². The number of piperidine rings is 1. The molecule has 1 saturated heterocycles. The van der Waals surface area contributed by atoms with Crippen molar-refractivity contribution in [1.82, 2.24) is 4.98 Å². The molecular weight excluding hydrogens is 302 g/mol. The highest BCUT2D eigenvalue weighted by Gasteiger charge is 2.57. The van der Waals surface area contributed by atoms with Gasteiger partial charge < -0.3 is 9.64 Å². The lowest BCUT2D eigenvalue weighted by Crippen LogP contribution is -2.46. The second-order valence-electron chi connectivity index (χ2n) is 6.28. The summed E-state index contributed by atoms with van der Waals surface area (Å²) in [6, 6.07) is 8.19. The van der Waals surface area contributed by atoms with Crippen molar-refractivity contribution in [1.29, 1.82) is 0 Å². The van der Waals surface area contributed by atoms with Crippen molar-refractivity contribution in [2.45, 2.75) is 24.8 Å². The van der Waals surface area contributed by atoms with Crippen molar-refractivity contribution in [2.75, 3.05) is 18.6 Å². The highest BCUT2D eigenvalue weighted by Crippen LogP contribution is 2.49. The van der Waals surface area contributed by atoms with E-state index in [0.29, 0.717) is 18.8 Å². The van der Waals surface area contributed by atoms with Gasteiger partial charge in [0.1, 0.15) is 5.82 Å². The van der Waals surface area contributed by atoms with Gasteiger partial charge in [-0.1, -0.05) is 24.3 Å². The van der Waals surface area contributed by atoms with E-state index in [9.17, 15) is 13.6 Å². The molecule has 1 aromatic heterocycles. The van der Waals surface area contributed by atoms with Gasteiger partial charge in [-0.25, -0.2) is 18.6 Å². The van der Waals surface area contributed by atoms with E-state index in [1.807, 2.05) is 24.3 Å². The summed E-state index contributed by atoms with van der Waals surface area (Å²) in [6.45, 7) is 0.557. The first kappa shape index (κ1) is 14.4. The van der Waals surface area contributed by atoms with Crippen molar-refractivity contribution >= 4 is 22.6 Å². The summed E-state index contributed by atoms with van der Waals surface area (Å²) in [7, 11) is 1.28. The molecule has 2 unspecified atom stereocenters. The third-order valence-electron chi connectivity index (χ3n) is 4.82. The molecule has 23 heavy (non-hydrogen) atoms. The molecule has 120 valence electrons. The minimum Gasteiger partial charge on any atom is -0.464 e. The second kappa shape index (κ2) is 4.88. The largest absolute Gasteiger partial charge is 0.464 e. The van der Waals surface area contributed by atoms with Crippen molar-refractivity contribution in [3.05, 3.63) is 36.0 Å². The van der Waals surface area contributed by atoms with Crippen LogP contribution in [-0.2, 0) is 4.74 Å². The molecule has 0 N–H and O–H groups in total. The Kier molecular flexibility index (Phi) is 3.04. The molecule has 2 bridgehead atoms. The van der Waals surface area contributed by atoms with Crippen LogP contribution in [0.15, 0.2) is 30.3 Å². The summed E-state index contributed by atoms with van der Waals surface area (Å²) in [5.41, 5.74) is 0.146. The summed E-state index contributed by atoms with van der Waals surface area (Å²) >= 11 is 0. The minimum atomic E-state index is -2.70. The number of halogens is 2. The Hall–Kier alpha value is -2.24. The zero-order valence-electron chi connectivity index (χ0n) is 12.6. The van der Waals surface area contributed by atoms with Crippen LogP contribution in [0.3, 0.4) is 0 Å². The first-order valence-electron chi connectivity index (χ1n) is 7.62. The number of benzene rings is 1. The number of carbonyl (C=O) groups is 1. The number of rotatable bonds is 2. The predicted molar refractivity (Wildman–Crippen MR) is 81.9 cm³/mol. The van der Waals surface area contributed by atoms with Crippen LogP contribution in [-0.4, -0.2) is 36.6 Å². The maximum Gasteiger partial charge on any atom is 0.356 e. The quantitative estimate of drug-likeness (QED) is 0.797. The van der Waals surface area contributed by atoms with Crippen LogP contribution in [0.25, 0.3) is 10.8 Å². The van der Waals surface area contributed by atoms with Crippen LogP contribution in [0.4, 0.5) is 14.6 Å². The lowest BCUT2D eigenvalue weighted by Gasteiger charge is -2.34. The molecule has 1 aromatic carbocycles. The van der Waals surface area contributed by atoms with Gasteiger partial charge >= 0.3 is 5.97 Å². The predicted octanol–water partition coefficient (Wildman–Crippen LogP) is 3.26. The number of ether oxygens (including phenoxy) is 1. The van der Waals surface area contributed by atoms with Gasteiger partial charge in [-0.15, -0.1) is 0 Å². The summed E-state index contributed by atoms with van der Waals surface area (Å²) in [4.78, 5) is 17.9. The van der Waals surface area contributed by atoms with Crippen molar-refractivity contribution in [3.8, 4) is 0 Å². The zero-order valence-corrected chi connectivity index (χ0v) is 12.6. The second-order valence-corrected chi connectivity index (χ2v) is 6.28. The lowest BCUT2D eigenvalue weighted by atomic mass is 10.1. The zero-order chi connectivity index (χ0) is 16.2. The van der Waals surface area contributed by atoms with E-state index in [0.717, 1.165) is 10.8 Å². The Morgan fingerprint density at radius 2 is 2.17 bits per heavy atom. The summed E-state index contributed by atoms with van der Waals surface area (Å²) in [5.74, 6) is -2.83. The van der Waals surface area contributed by atoms with Gasteiger partial charge in [0.05, 0.1) is 13.2 Å². The molecule has 1 saturated carbocycles. The maximum atomic E-state index is 14.1. The fraction of sp³-hybridized carbons (Fsp3) is 0.412. The molecule has 4 rings (SSSR count). The Morgan fingerprint density at radius 1 is 1.39 bits per heavy atom. The van der Waals surface area contributed by atoms with Gasteiger partial charge in [-0.3, -0.25) is 0 Å². The third kappa shape index (κ3) is 2.16. The highest BCUT2D eigenvalue weighted by molar-refractivity contribution is 5.98. The number of hydrogen-bond acceptors (Lipinski definition) is 4. The number of nitrogens with zero attached hydrogens (tertiary/aromatic N) is 2. The Balaban J connectivity index is 1.87. The van der Waals surface area contributed by atoms with Crippen molar-refractivity contribution in [2.24, 2.45) is 5.92 Å². The first-order chi connectivity index (χ1) is 11.0. The molecule has 1 aliphatic heterocycles. The van der Waals surface area contributed by atoms with Gasteiger partial charge in [0.25, 0.3) is 5.92 Å². The van der Waals surface area contributed by atoms with E-state index < -0.39 is 17.9 Å². The van der Waals surface area contributed by atoms with Gasteiger partial charge in [-0.05, 0) is 23.8 Å². The minimum absolute atomic E-state index is 0.0163. The van der Waals surface area contributed by atoms with Crippen LogP contribution < -0.4 is 4.90 Å². The van der Waals surface area contributed by atoms with Gasteiger partial charge in [-0.2, -0.15) is 0 Å². The molecule has 2 fully saturated rings. The third-order valence-corrected chi connectivity index (χ3v) is 4.82. The standard InChI is InChI=1S/C17H16F2N2O2/c1-23-16(22)13-7-11-4-2-3-5-12(11)15(20-13)21-9-10-6-14(21)17(18,19)8-10/h2-5,7,10,14H,6,8-9H2,1H3. The molecule has 4 nitrogen and oxygen atoms in total. The molecular formula is C17H16F2N2O2. The topological polar surface area (TPSA) is 42.4 Å². The summed E-state index contributed by atoms with van der Waals surface area (Å²) in [6.07, 6.45) is 0.425. The number of hydrogen-bond donors (Lipinski definition) is 0. The van der Waals surface area contributed by atoms with E-state index in [1.54, 1.807) is 11.0 Å². The van der Waals surface area contributed by atoms with Gasteiger partial charge in [0, 0.05) is 18.4 Å². The summed E-state index contributed by atoms with van der Waals surface area (Å²) < 4.78 is 33.0. The van der Waals surface area contributed by atoms with Gasteiger partial charge in [0.15, 0.2) is 5.69 Å². The number of methoxy groups -OCH3 is 1. The van der Waals surface area contributed by atoms with Crippen LogP contribution in [0, 0.1) is 5.92 Å². The Morgan fingerprint density at radius 3 is 2.87 bits per heavy atom. The summed E-state index contributed by atoms with van der Waals surface area (Å²) in [5, 5.41) is 1.58. The molecule has 2 aliphatic rings. The van der Waals surface area contributed by atoms with Crippen LogP contribution in [0.2, 0.25) is 0 Å². The van der Waals surface area contributed by atoms with Crippen LogP contribution in [0.1, 0.15) is 23.3 Å². The Bertz CT molecular complexity index is 793. The number of carbonyl (C=O) groups excluding carboxylic acids is 1.